The molecule has 0 amide bonds. The van der Waals surface area contributed by atoms with E-state index in [1.54, 1.807) is 0 Å². The number of rotatable bonds is 3. The van der Waals surface area contributed by atoms with Gasteiger partial charge in [-0.2, -0.15) is 0 Å². The Morgan fingerprint density at radius 3 is 2.76 bits per heavy atom. The van der Waals surface area contributed by atoms with Crippen molar-refractivity contribution in [3.8, 4) is 0 Å². The Hall–Kier alpha value is -2.01. The van der Waals surface area contributed by atoms with E-state index >= 15 is 0 Å². The van der Waals surface area contributed by atoms with Crippen molar-refractivity contribution in [1.29, 1.82) is 0 Å². The molecule has 6 heteroatoms. The van der Waals surface area contributed by atoms with Gasteiger partial charge in [-0.1, -0.05) is 11.6 Å². The first-order chi connectivity index (χ1) is 8.06. The molecule has 0 fully saturated rings. The number of nitrogens with zero attached hydrogens (tertiary/aromatic N) is 1. The highest BCUT2D eigenvalue weighted by molar-refractivity contribution is 6.30. The third kappa shape index (κ3) is 2.57. The third-order valence-corrected chi connectivity index (χ3v) is 2.37. The number of carboxylic acids is 1. The van der Waals surface area contributed by atoms with Gasteiger partial charge in [-0.25, -0.2) is 4.79 Å². The number of hydrogen-bond donors (Lipinski definition) is 1. The zero-order valence-electron chi connectivity index (χ0n) is 8.59. The number of pyridine rings is 1. The second-order valence-corrected chi connectivity index (χ2v) is 3.82. The molecule has 2 aromatic rings. The maximum atomic E-state index is 11.5. The average molecular weight is 254 g/mol. The van der Waals surface area contributed by atoms with E-state index in [-0.39, 0.29) is 17.9 Å². The average Bonchev–Trinajstić information content (AvgIpc) is 2.72. The Kier molecular flexibility index (Phi) is 3.01. The number of halogens is 1. The van der Waals surface area contributed by atoms with Crippen LogP contribution in [0.2, 0.25) is 5.02 Å². The van der Waals surface area contributed by atoms with Crippen molar-refractivity contribution in [2.45, 2.75) is 6.54 Å². The van der Waals surface area contributed by atoms with Gasteiger partial charge in [0.1, 0.15) is 5.76 Å². The van der Waals surface area contributed by atoms with Gasteiger partial charge in [-0.05, 0) is 18.2 Å². The molecule has 88 valence electrons. The van der Waals surface area contributed by atoms with Crippen molar-refractivity contribution >= 4 is 17.6 Å². The molecule has 2 rings (SSSR count). The first-order valence-corrected chi connectivity index (χ1v) is 5.12. The molecule has 0 bridgehead atoms. The number of furan rings is 1. The van der Waals surface area contributed by atoms with Crippen LogP contribution in [0.4, 0.5) is 0 Å². The predicted octanol–water partition coefficient (Wildman–Crippen LogP) is 1.84. The van der Waals surface area contributed by atoms with Gasteiger partial charge in [-0.15, -0.1) is 0 Å². The van der Waals surface area contributed by atoms with Crippen LogP contribution >= 0.6 is 11.6 Å². The van der Waals surface area contributed by atoms with E-state index in [1.165, 1.54) is 35.0 Å². The molecule has 5 nitrogen and oxygen atoms in total. The highest BCUT2D eigenvalue weighted by Gasteiger charge is 2.09. The molecule has 0 spiro atoms. The molecule has 0 saturated carbocycles. The minimum atomic E-state index is -1.14. The highest BCUT2D eigenvalue weighted by Crippen LogP contribution is 2.10. The number of carbonyl (C=O) groups is 1. The smallest absolute Gasteiger partial charge is 0.371 e. The molecule has 0 aliphatic rings. The van der Waals surface area contributed by atoms with Crippen molar-refractivity contribution in [3.63, 3.8) is 0 Å². The first kappa shape index (κ1) is 11.5. The Morgan fingerprint density at radius 1 is 1.35 bits per heavy atom. The quantitative estimate of drug-likeness (QED) is 0.906. The lowest BCUT2D eigenvalue weighted by molar-refractivity contribution is 0.0660. The predicted molar refractivity (Wildman–Crippen MR) is 60.5 cm³/mol. The highest BCUT2D eigenvalue weighted by atomic mass is 35.5. The van der Waals surface area contributed by atoms with Gasteiger partial charge >= 0.3 is 5.97 Å². The fraction of sp³-hybridized carbons (Fsp3) is 0.0909. The van der Waals surface area contributed by atoms with Crippen LogP contribution < -0.4 is 5.56 Å². The normalized spacial score (nSPS) is 10.4. The fourth-order valence-electron chi connectivity index (χ4n) is 1.37. The van der Waals surface area contributed by atoms with Gasteiger partial charge < -0.3 is 14.1 Å². The van der Waals surface area contributed by atoms with E-state index in [0.717, 1.165) is 0 Å². The largest absolute Gasteiger partial charge is 0.475 e. The maximum absolute atomic E-state index is 11.5. The third-order valence-electron chi connectivity index (χ3n) is 2.15. The lowest BCUT2D eigenvalue weighted by Gasteiger charge is -2.02. The summed E-state index contributed by atoms with van der Waals surface area (Å²) in [6, 6.07) is 5.68. The van der Waals surface area contributed by atoms with Crippen LogP contribution in [0.5, 0.6) is 0 Å². The SMILES string of the molecule is O=C(O)c1ccc(Cn2cc(Cl)ccc2=O)o1. The van der Waals surface area contributed by atoms with Crippen molar-refractivity contribution in [2.24, 2.45) is 0 Å². The first-order valence-electron chi connectivity index (χ1n) is 4.74. The van der Waals surface area contributed by atoms with E-state index < -0.39 is 5.97 Å². The minimum Gasteiger partial charge on any atom is -0.475 e. The summed E-state index contributed by atoms with van der Waals surface area (Å²) in [5, 5.41) is 9.11. The molecular weight excluding hydrogens is 246 g/mol. The summed E-state index contributed by atoms with van der Waals surface area (Å²) in [4.78, 5) is 22.1. The van der Waals surface area contributed by atoms with E-state index in [4.69, 9.17) is 21.1 Å². The molecular formula is C11H8ClNO4. The monoisotopic (exact) mass is 253 g/mol. The van der Waals surface area contributed by atoms with Crippen molar-refractivity contribution in [2.75, 3.05) is 0 Å². The Bertz CT molecular complexity index is 614. The molecule has 1 N–H and O–H groups in total. The van der Waals surface area contributed by atoms with Crippen LogP contribution in [0.1, 0.15) is 16.3 Å². The second-order valence-electron chi connectivity index (χ2n) is 3.38. The molecule has 0 atom stereocenters. The minimum absolute atomic E-state index is 0.146. The number of aromatic nitrogens is 1. The van der Waals surface area contributed by atoms with Crippen LogP contribution in [0.15, 0.2) is 39.7 Å². The van der Waals surface area contributed by atoms with Crippen LogP contribution in [0, 0.1) is 0 Å². The Labute approximate surface area is 101 Å². The zero-order valence-corrected chi connectivity index (χ0v) is 9.35. The molecule has 2 heterocycles. The van der Waals surface area contributed by atoms with Crippen LogP contribution in [0.3, 0.4) is 0 Å². The number of hydrogen-bond acceptors (Lipinski definition) is 3. The molecule has 0 aliphatic carbocycles. The lowest BCUT2D eigenvalue weighted by Crippen LogP contribution is -2.18. The Balaban J connectivity index is 2.28. The number of carboxylic acid groups (broad SMARTS) is 1. The molecule has 0 unspecified atom stereocenters. The standard InChI is InChI=1S/C11H8ClNO4/c12-7-1-4-10(14)13(5-7)6-8-2-3-9(17-8)11(15)16/h1-5H,6H2,(H,15,16). The van der Waals surface area contributed by atoms with Crippen molar-refractivity contribution < 1.29 is 14.3 Å². The second kappa shape index (κ2) is 4.47. The summed E-state index contributed by atoms with van der Waals surface area (Å²) in [6.45, 7) is 0.146. The summed E-state index contributed by atoms with van der Waals surface area (Å²) >= 11 is 5.75. The Morgan fingerprint density at radius 2 is 2.12 bits per heavy atom. The van der Waals surface area contributed by atoms with Crippen molar-refractivity contribution in [3.05, 3.63) is 57.4 Å². The summed E-state index contributed by atoms with van der Waals surface area (Å²) in [5.41, 5.74) is -0.234. The molecule has 0 aliphatic heterocycles. The number of aromatic carboxylic acids is 1. The van der Waals surface area contributed by atoms with Gasteiger partial charge in [-0.3, -0.25) is 4.79 Å². The molecule has 2 aromatic heterocycles. The van der Waals surface area contributed by atoms with E-state index in [9.17, 15) is 9.59 Å². The van der Waals surface area contributed by atoms with E-state index in [2.05, 4.69) is 0 Å². The van der Waals surface area contributed by atoms with Crippen LogP contribution in [0.25, 0.3) is 0 Å². The van der Waals surface area contributed by atoms with Gasteiger partial charge in [0.2, 0.25) is 5.76 Å². The van der Waals surface area contributed by atoms with Gasteiger partial charge in [0.05, 0.1) is 11.6 Å². The fourth-order valence-corrected chi connectivity index (χ4v) is 1.55. The summed E-state index contributed by atoms with van der Waals surface area (Å²) in [7, 11) is 0. The van der Waals surface area contributed by atoms with Crippen LogP contribution in [-0.4, -0.2) is 15.6 Å². The summed E-state index contributed by atoms with van der Waals surface area (Å²) in [6.07, 6.45) is 1.47. The maximum Gasteiger partial charge on any atom is 0.371 e. The summed E-state index contributed by atoms with van der Waals surface area (Å²) < 4.78 is 6.38. The van der Waals surface area contributed by atoms with Gasteiger partial charge in [0.25, 0.3) is 5.56 Å². The van der Waals surface area contributed by atoms with Crippen LogP contribution in [-0.2, 0) is 6.54 Å². The molecule has 17 heavy (non-hydrogen) atoms. The lowest BCUT2D eigenvalue weighted by atomic mass is 10.4. The molecule has 0 saturated heterocycles. The summed E-state index contributed by atoms with van der Waals surface area (Å²) in [5.74, 6) is -0.920. The van der Waals surface area contributed by atoms with Gasteiger partial charge in [0.15, 0.2) is 0 Å². The topological polar surface area (TPSA) is 72.4 Å². The van der Waals surface area contributed by atoms with Gasteiger partial charge in [0, 0.05) is 12.3 Å². The van der Waals surface area contributed by atoms with E-state index in [1.807, 2.05) is 0 Å². The molecule has 0 aromatic carbocycles. The van der Waals surface area contributed by atoms with Crippen molar-refractivity contribution in [1.82, 2.24) is 4.57 Å². The molecule has 0 radical (unpaired) electrons. The van der Waals surface area contributed by atoms with E-state index in [0.29, 0.717) is 10.8 Å². The zero-order chi connectivity index (χ0) is 12.4.